The average Bonchev–Trinajstić information content (AvgIpc) is 3.44. The lowest BCUT2D eigenvalue weighted by Gasteiger charge is -2.37. The molecule has 2 aliphatic heterocycles. The van der Waals surface area contributed by atoms with Crippen LogP contribution in [-0.2, 0) is 6.54 Å². The Labute approximate surface area is 254 Å². The molecule has 2 aliphatic rings. The number of thiocarbonyl (C=S) groups is 1. The Morgan fingerprint density at radius 2 is 1.68 bits per heavy atom. The van der Waals surface area contributed by atoms with E-state index in [1.807, 2.05) is 18.3 Å². The van der Waals surface area contributed by atoms with Crippen LogP contribution in [0.5, 0.6) is 0 Å². The van der Waals surface area contributed by atoms with Crippen LogP contribution in [-0.4, -0.2) is 27.8 Å². The molecule has 0 spiro atoms. The molecule has 4 heterocycles. The number of hydrogen-bond acceptors (Lipinski definition) is 3. The molecular formula is C34H38ClN5S. The van der Waals surface area contributed by atoms with Gasteiger partial charge in [-0.2, -0.15) is 0 Å². The number of benzene rings is 2. The van der Waals surface area contributed by atoms with Crippen molar-refractivity contribution in [2.24, 2.45) is 11.8 Å². The van der Waals surface area contributed by atoms with Gasteiger partial charge in [0.05, 0.1) is 28.5 Å². The summed E-state index contributed by atoms with van der Waals surface area (Å²) in [4.78, 5) is 9.42. The second-order valence-corrected chi connectivity index (χ2v) is 12.7. The lowest BCUT2D eigenvalue weighted by Crippen LogP contribution is -2.38. The molecular weight excluding hydrogens is 546 g/mol. The van der Waals surface area contributed by atoms with Crippen molar-refractivity contribution in [2.75, 3.05) is 22.9 Å². The smallest absolute Gasteiger partial charge is 0.174 e. The fourth-order valence-electron chi connectivity index (χ4n) is 6.85. The first-order valence-electron chi connectivity index (χ1n) is 14.6. The predicted molar refractivity (Wildman–Crippen MR) is 174 cm³/mol. The van der Waals surface area contributed by atoms with Gasteiger partial charge in [0, 0.05) is 42.9 Å². The third-order valence-electron chi connectivity index (χ3n) is 8.63. The molecule has 4 atom stereocenters. The quantitative estimate of drug-likeness (QED) is 0.234. The van der Waals surface area contributed by atoms with E-state index in [0.717, 1.165) is 41.7 Å². The molecule has 0 saturated carbocycles. The third kappa shape index (κ3) is 5.47. The van der Waals surface area contributed by atoms with Gasteiger partial charge < -0.3 is 19.7 Å². The standard InChI is InChI=1S/C34H38ClN5S/c1-22-16-23(2)20-38(19-22)31-14-13-27(18-29(31)35)40-33(32(37-34(40)41)30-12-8-9-15-36-30)28-17-24(3)39(25(28)4)21-26-10-6-5-7-11-26/h5-15,17-18,22-23,32-33H,16,19-21H2,1-4H3,(H,37,41)/t22-,23-,32-,33+/m0/s1. The molecule has 2 aromatic carbocycles. The summed E-state index contributed by atoms with van der Waals surface area (Å²) in [6, 6.07) is 25.3. The molecule has 0 unspecified atom stereocenters. The second-order valence-electron chi connectivity index (χ2n) is 11.9. The number of nitrogens with zero attached hydrogens (tertiary/aromatic N) is 4. The van der Waals surface area contributed by atoms with Crippen molar-refractivity contribution < 1.29 is 0 Å². The summed E-state index contributed by atoms with van der Waals surface area (Å²) in [6.45, 7) is 12.0. The number of nitrogens with one attached hydrogen (secondary N) is 1. The highest BCUT2D eigenvalue weighted by Gasteiger charge is 2.42. The van der Waals surface area contributed by atoms with Crippen molar-refractivity contribution >= 4 is 40.3 Å². The minimum Gasteiger partial charge on any atom is -0.370 e. The van der Waals surface area contributed by atoms with Crippen molar-refractivity contribution in [1.82, 2.24) is 14.9 Å². The lowest BCUT2D eigenvalue weighted by atomic mass is 9.91. The molecule has 0 amide bonds. The summed E-state index contributed by atoms with van der Waals surface area (Å²) in [5, 5.41) is 5.06. The highest BCUT2D eigenvalue weighted by Crippen LogP contribution is 2.45. The van der Waals surface area contributed by atoms with E-state index in [1.165, 1.54) is 28.9 Å². The van der Waals surface area contributed by atoms with Crippen molar-refractivity contribution in [3.63, 3.8) is 0 Å². The van der Waals surface area contributed by atoms with E-state index in [1.54, 1.807) is 0 Å². The number of pyridine rings is 1. The predicted octanol–water partition coefficient (Wildman–Crippen LogP) is 7.86. The number of aromatic nitrogens is 2. The molecule has 212 valence electrons. The molecule has 0 radical (unpaired) electrons. The van der Waals surface area contributed by atoms with Crippen molar-refractivity contribution in [3.8, 4) is 0 Å². The minimum absolute atomic E-state index is 0.0786. The Balaban J connectivity index is 1.40. The van der Waals surface area contributed by atoms with Gasteiger partial charge in [-0.05, 0) is 91.8 Å². The molecule has 41 heavy (non-hydrogen) atoms. The van der Waals surface area contributed by atoms with Crippen LogP contribution >= 0.6 is 23.8 Å². The van der Waals surface area contributed by atoms with Crippen molar-refractivity contribution in [3.05, 3.63) is 112 Å². The average molecular weight is 584 g/mol. The van der Waals surface area contributed by atoms with Crippen LogP contribution in [0.15, 0.2) is 79.0 Å². The molecule has 2 fully saturated rings. The normalized spacial score (nSPS) is 22.7. The van der Waals surface area contributed by atoms with E-state index in [-0.39, 0.29) is 12.1 Å². The molecule has 1 N–H and O–H groups in total. The Bertz CT molecular complexity index is 1530. The zero-order valence-electron chi connectivity index (χ0n) is 24.2. The lowest BCUT2D eigenvalue weighted by molar-refractivity contribution is 0.357. The van der Waals surface area contributed by atoms with Crippen LogP contribution in [0.3, 0.4) is 0 Å². The van der Waals surface area contributed by atoms with Crippen LogP contribution in [0.2, 0.25) is 5.02 Å². The number of piperidine rings is 1. The molecule has 0 bridgehead atoms. The van der Waals surface area contributed by atoms with Gasteiger partial charge in [0.15, 0.2) is 5.11 Å². The van der Waals surface area contributed by atoms with E-state index < -0.39 is 0 Å². The summed E-state index contributed by atoms with van der Waals surface area (Å²) in [5.41, 5.74) is 8.03. The SMILES string of the molecule is Cc1cc([C@@H]2[C@H](c3ccccn3)NC(=S)N2c2ccc(N3C[C@@H](C)C[C@H](C)C3)c(Cl)c2)c(C)n1Cc1ccccc1. The number of hydrogen-bond donors (Lipinski definition) is 1. The van der Waals surface area contributed by atoms with Gasteiger partial charge in [0.2, 0.25) is 0 Å². The minimum atomic E-state index is -0.100. The summed E-state index contributed by atoms with van der Waals surface area (Å²) in [7, 11) is 0. The summed E-state index contributed by atoms with van der Waals surface area (Å²) in [6.07, 6.45) is 3.12. The van der Waals surface area contributed by atoms with E-state index in [9.17, 15) is 0 Å². The Morgan fingerprint density at radius 3 is 2.37 bits per heavy atom. The number of rotatable bonds is 6. The number of aryl methyl sites for hydroxylation is 1. The Kier molecular flexibility index (Phi) is 7.80. The molecule has 2 aromatic heterocycles. The first kappa shape index (κ1) is 27.8. The molecule has 5 nitrogen and oxygen atoms in total. The maximum atomic E-state index is 7.03. The summed E-state index contributed by atoms with van der Waals surface area (Å²) >= 11 is 13.1. The second kappa shape index (κ2) is 11.5. The fraction of sp³-hybridized carbons (Fsp3) is 0.353. The first-order chi connectivity index (χ1) is 19.8. The van der Waals surface area contributed by atoms with Gasteiger partial charge in [-0.3, -0.25) is 4.98 Å². The maximum Gasteiger partial charge on any atom is 0.174 e. The van der Waals surface area contributed by atoms with Crippen molar-refractivity contribution in [2.45, 2.75) is 52.7 Å². The number of halogens is 1. The van der Waals surface area contributed by atoms with Gasteiger partial charge in [-0.25, -0.2) is 0 Å². The van der Waals surface area contributed by atoms with E-state index in [2.05, 4.69) is 108 Å². The highest BCUT2D eigenvalue weighted by molar-refractivity contribution is 7.80. The molecule has 6 rings (SSSR count). The zero-order chi connectivity index (χ0) is 28.7. The van der Waals surface area contributed by atoms with Crippen LogP contribution in [0.4, 0.5) is 11.4 Å². The third-order valence-corrected chi connectivity index (χ3v) is 9.25. The highest BCUT2D eigenvalue weighted by atomic mass is 35.5. The van der Waals surface area contributed by atoms with Crippen molar-refractivity contribution in [1.29, 1.82) is 0 Å². The monoisotopic (exact) mass is 583 g/mol. The van der Waals surface area contributed by atoms with Gasteiger partial charge in [-0.1, -0.05) is 61.8 Å². The Morgan fingerprint density at radius 1 is 0.951 bits per heavy atom. The van der Waals surface area contributed by atoms with E-state index in [0.29, 0.717) is 16.9 Å². The molecule has 2 saturated heterocycles. The zero-order valence-corrected chi connectivity index (χ0v) is 25.8. The summed E-state index contributed by atoms with van der Waals surface area (Å²) < 4.78 is 2.40. The Hall–Kier alpha value is -3.35. The maximum absolute atomic E-state index is 7.03. The fourth-order valence-corrected chi connectivity index (χ4v) is 7.49. The molecule has 7 heteroatoms. The number of anilines is 2. The van der Waals surface area contributed by atoms with Gasteiger partial charge in [-0.15, -0.1) is 0 Å². The van der Waals surface area contributed by atoms with Gasteiger partial charge in [0.25, 0.3) is 0 Å². The van der Waals surface area contributed by atoms with E-state index in [4.69, 9.17) is 28.8 Å². The largest absolute Gasteiger partial charge is 0.370 e. The first-order valence-corrected chi connectivity index (χ1v) is 15.3. The topological polar surface area (TPSA) is 36.3 Å². The van der Waals surface area contributed by atoms with Crippen LogP contribution < -0.4 is 15.1 Å². The van der Waals surface area contributed by atoms with E-state index >= 15 is 0 Å². The molecule has 0 aliphatic carbocycles. The van der Waals surface area contributed by atoms with Gasteiger partial charge >= 0.3 is 0 Å². The van der Waals surface area contributed by atoms with Crippen LogP contribution in [0.1, 0.15) is 60.6 Å². The summed E-state index contributed by atoms with van der Waals surface area (Å²) in [5.74, 6) is 1.30. The van der Waals surface area contributed by atoms with Crippen LogP contribution in [0.25, 0.3) is 0 Å². The van der Waals surface area contributed by atoms with Gasteiger partial charge in [0.1, 0.15) is 0 Å². The van der Waals surface area contributed by atoms with Crippen LogP contribution in [0, 0.1) is 25.7 Å². The molecule has 4 aromatic rings.